The molecule has 4 heteroatoms. The molecule has 0 aliphatic heterocycles. The summed E-state index contributed by atoms with van der Waals surface area (Å²) in [4.78, 5) is 21.8. The van der Waals surface area contributed by atoms with E-state index in [1.165, 1.54) is 0 Å². The summed E-state index contributed by atoms with van der Waals surface area (Å²) in [6, 6.07) is 0. The predicted octanol–water partition coefficient (Wildman–Crippen LogP) is 2.33. The summed E-state index contributed by atoms with van der Waals surface area (Å²) in [7, 11) is 0. The van der Waals surface area contributed by atoms with E-state index in [1.54, 1.807) is 6.08 Å². The van der Waals surface area contributed by atoms with Gasteiger partial charge >= 0.3 is 5.97 Å². The van der Waals surface area contributed by atoms with E-state index in [1.807, 2.05) is 6.92 Å². The number of carboxylic acid groups (broad SMARTS) is 1. The van der Waals surface area contributed by atoms with Crippen molar-refractivity contribution in [1.29, 1.82) is 0 Å². The van der Waals surface area contributed by atoms with Crippen LogP contribution in [0.3, 0.4) is 0 Å². The first-order valence-corrected chi connectivity index (χ1v) is 6.17. The van der Waals surface area contributed by atoms with E-state index in [-0.39, 0.29) is 18.3 Å². The maximum absolute atomic E-state index is 11.4. The van der Waals surface area contributed by atoms with Gasteiger partial charge in [-0.3, -0.25) is 9.59 Å². The summed E-state index contributed by atoms with van der Waals surface area (Å²) in [5.74, 6) is -0.631. The number of ether oxygens (including phenoxy) is 1. The molecule has 1 aliphatic rings. The third-order valence-corrected chi connectivity index (χ3v) is 2.82. The molecule has 1 aliphatic carbocycles. The summed E-state index contributed by atoms with van der Waals surface area (Å²) in [5.41, 5.74) is 1.10. The fraction of sp³-hybridized carbons (Fsp3) is 0.692. The topological polar surface area (TPSA) is 63.6 Å². The third-order valence-electron chi connectivity index (χ3n) is 2.82. The fourth-order valence-electron chi connectivity index (χ4n) is 2.09. The lowest BCUT2D eigenvalue weighted by molar-refractivity contribution is -0.137. The van der Waals surface area contributed by atoms with Crippen LogP contribution in [0.25, 0.3) is 0 Å². The van der Waals surface area contributed by atoms with Gasteiger partial charge in [0.25, 0.3) is 0 Å². The molecule has 0 spiro atoms. The number of rotatable bonds is 7. The van der Waals surface area contributed by atoms with Crippen LogP contribution in [0.4, 0.5) is 0 Å². The maximum atomic E-state index is 11.4. The Morgan fingerprint density at radius 1 is 1.47 bits per heavy atom. The Balaban J connectivity index is 2.31. The first kappa shape index (κ1) is 13.9. The molecule has 0 saturated heterocycles. The second-order valence-electron chi connectivity index (χ2n) is 4.36. The Labute approximate surface area is 102 Å². The number of unbranched alkanes of at least 4 members (excludes halogenated alkanes) is 1. The monoisotopic (exact) mass is 240 g/mol. The van der Waals surface area contributed by atoms with Crippen LogP contribution in [0.15, 0.2) is 11.6 Å². The molecule has 4 nitrogen and oxygen atoms in total. The van der Waals surface area contributed by atoms with Crippen LogP contribution in [0.5, 0.6) is 0 Å². The van der Waals surface area contributed by atoms with Gasteiger partial charge in [-0.05, 0) is 38.7 Å². The average molecular weight is 240 g/mol. The van der Waals surface area contributed by atoms with Gasteiger partial charge in [0.05, 0.1) is 6.10 Å². The highest BCUT2D eigenvalue weighted by molar-refractivity contribution is 5.91. The molecule has 0 aromatic rings. The summed E-state index contributed by atoms with van der Waals surface area (Å²) >= 11 is 0. The number of hydrogen-bond donors (Lipinski definition) is 1. The molecule has 0 bridgehead atoms. The van der Waals surface area contributed by atoms with Crippen molar-refractivity contribution in [3.63, 3.8) is 0 Å². The van der Waals surface area contributed by atoms with Crippen LogP contribution in [0.2, 0.25) is 0 Å². The molecular weight excluding hydrogens is 220 g/mol. The minimum Gasteiger partial charge on any atom is -0.481 e. The maximum Gasteiger partial charge on any atom is 0.303 e. The highest BCUT2D eigenvalue weighted by atomic mass is 16.5. The molecule has 17 heavy (non-hydrogen) atoms. The van der Waals surface area contributed by atoms with Gasteiger partial charge in [0.2, 0.25) is 0 Å². The lowest BCUT2D eigenvalue weighted by Gasteiger charge is -2.21. The molecule has 1 unspecified atom stereocenters. The van der Waals surface area contributed by atoms with Crippen LogP contribution in [0, 0.1) is 0 Å². The zero-order valence-electron chi connectivity index (χ0n) is 10.3. The Morgan fingerprint density at radius 3 is 2.88 bits per heavy atom. The molecule has 0 fully saturated rings. The largest absolute Gasteiger partial charge is 0.481 e. The molecule has 0 radical (unpaired) electrons. The van der Waals surface area contributed by atoms with Gasteiger partial charge < -0.3 is 9.84 Å². The van der Waals surface area contributed by atoms with Gasteiger partial charge in [-0.15, -0.1) is 0 Å². The van der Waals surface area contributed by atoms with E-state index < -0.39 is 5.97 Å². The van der Waals surface area contributed by atoms with Crippen molar-refractivity contribution in [2.24, 2.45) is 0 Å². The van der Waals surface area contributed by atoms with Crippen molar-refractivity contribution in [3.8, 4) is 0 Å². The Morgan fingerprint density at radius 2 is 2.24 bits per heavy atom. The molecule has 0 aromatic carbocycles. The van der Waals surface area contributed by atoms with E-state index >= 15 is 0 Å². The van der Waals surface area contributed by atoms with Gasteiger partial charge in [0, 0.05) is 19.4 Å². The van der Waals surface area contributed by atoms with Crippen molar-refractivity contribution in [2.75, 3.05) is 6.61 Å². The van der Waals surface area contributed by atoms with Gasteiger partial charge in [0.15, 0.2) is 5.78 Å². The van der Waals surface area contributed by atoms with Crippen LogP contribution in [-0.2, 0) is 14.3 Å². The first-order chi connectivity index (χ1) is 8.11. The van der Waals surface area contributed by atoms with Gasteiger partial charge in [-0.25, -0.2) is 0 Å². The van der Waals surface area contributed by atoms with Crippen LogP contribution >= 0.6 is 0 Å². The fourth-order valence-corrected chi connectivity index (χ4v) is 2.09. The van der Waals surface area contributed by atoms with Gasteiger partial charge in [-0.1, -0.05) is 5.57 Å². The molecule has 0 aromatic heterocycles. The normalized spacial score (nSPS) is 20.2. The summed E-state index contributed by atoms with van der Waals surface area (Å²) < 4.78 is 5.47. The second kappa shape index (κ2) is 7.22. The Kier molecular flexibility index (Phi) is 5.91. The lowest BCUT2D eigenvalue weighted by atomic mass is 9.92. The molecule has 1 rings (SSSR count). The molecule has 1 atom stereocenters. The number of carbonyl (C=O) groups excluding carboxylic acids is 1. The summed E-state index contributed by atoms with van der Waals surface area (Å²) in [5, 5.41) is 8.52. The van der Waals surface area contributed by atoms with Gasteiger partial charge in [-0.2, -0.15) is 0 Å². The molecule has 0 heterocycles. The number of carbonyl (C=O) groups is 2. The van der Waals surface area contributed by atoms with Crippen molar-refractivity contribution in [3.05, 3.63) is 11.6 Å². The van der Waals surface area contributed by atoms with E-state index in [4.69, 9.17) is 9.84 Å². The van der Waals surface area contributed by atoms with E-state index in [9.17, 15) is 9.59 Å². The van der Waals surface area contributed by atoms with E-state index in [2.05, 4.69) is 0 Å². The van der Waals surface area contributed by atoms with Crippen molar-refractivity contribution < 1.29 is 19.4 Å². The van der Waals surface area contributed by atoms with E-state index in [0.717, 1.165) is 24.8 Å². The molecule has 1 N–H and O–H groups in total. The van der Waals surface area contributed by atoms with Crippen molar-refractivity contribution in [2.45, 2.75) is 51.6 Å². The molecule has 96 valence electrons. The minimum atomic E-state index is -0.758. The predicted molar refractivity (Wildman–Crippen MR) is 63.8 cm³/mol. The van der Waals surface area contributed by atoms with Gasteiger partial charge in [0.1, 0.15) is 0 Å². The summed E-state index contributed by atoms with van der Waals surface area (Å²) in [6.07, 6.45) is 5.52. The van der Waals surface area contributed by atoms with Crippen LogP contribution in [0.1, 0.15) is 45.4 Å². The van der Waals surface area contributed by atoms with Crippen molar-refractivity contribution in [1.82, 2.24) is 0 Å². The second-order valence-corrected chi connectivity index (χ2v) is 4.36. The lowest BCUT2D eigenvalue weighted by Crippen LogP contribution is -2.22. The quantitative estimate of drug-likeness (QED) is 0.694. The highest BCUT2D eigenvalue weighted by Crippen LogP contribution is 2.23. The van der Waals surface area contributed by atoms with Crippen LogP contribution < -0.4 is 0 Å². The average Bonchev–Trinajstić information content (AvgIpc) is 2.24. The number of ketones is 1. The molecular formula is C13H20O4. The first-order valence-electron chi connectivity index (χ1n) is 6.17. The molecule has 0 amide bonds. The highest BCUT2D eigenvalue weighted by Gasteiger charge is 2.20. The Hall–Kier alpha value is -1.16. The van der Waals surface area contributed by atoms with Crippen LogP contribution in [-0.4, -0.2) is 29.6 Å². The number of carboxylic acids is 1. The van der Waals surface area contributed by atoms with E-state index in [0.29, 0.717) is 19.4 Å². The number of hydrogen-bond acceptors (Lipinski definition) is 3. The molecule has 0 saturated carbocycles. The zero-order chi connectivity index (χ0) is 12.7. The number of aliphatic carboxylic acids is 1. The number of allylic oxidation sites excluding steroid dienone is 1. The Bertz CT molecular complexity index is 307. The summed E-state index contributed by atoms with van der Waals surface area (Å²) in [6.45, 7) is 2.56. The van der Waals surface area contributed by atoms with Crippen molar-refractivity contribution >= 4 is 11.8 Å². The third kappa shape index (κ3) is 5.63. The SMILES string of the molecule is CCOC1CC(=O)C=C(CCCCC(=O)O)C1. The minimum absolute atomic E-state index is 0.0203. The standard InChI is InChI=1S/C13H20O4/c1-2-17-12-8-10(7-11(14)9-12)5-3-4-6-13(15)16/h7,12H,2-6,8-9H2,1H3,(H,15,16). The zero-order valence-corrected chi connectivity index (χ0v) is 10.3. The smallest absolute Gasteiger partial charge is 0.303 e.